The van der Waals surface area contributed by atoms with Crippen LogP contribution in [0.25, 0.3) is 10.9 Å². The number of benzene rings is 1. The molecule has 2 heterocycles. The Morgan fingerprint density at radius 2 is 2.07 bits per heavy atom. The Morgan fingerprint density at radius 3 is 2.87 bits per heavy atom. The number of para-hydroxylation sites is 1. The Morgan fingerprint density at radius 1 is 1.13 bits per heavy atom. The zero-order valence-electron chi connectivity index (χ0n) is 8.53. The van der Waals surface area contributed by atoms with Gasteiger partial charge in [0.25, 0.3) is 0 Å². The summed E-state index contributed by atoms with van der Waals surface area (Å²) in [5.41, 5.74) is 2.52. The van der Waals surface area contributed by atoms with E-state index in [0.717, 1.165) is 13.0 Å². The van der Waals surface area contributed by atoms with E-state index in [2.05, 4.69) is 52.8 Å². The van der Waals surface area contributed by atoms with Crippen molar-refractivity contribution in [2.75, 3.05) is 6.54 Å². The zero-order valence-corrected chi connectivity index (χ0v) is 8.53. The third-order valence-electron chi connectivity index (χ3n) is 2.95. The van der Waals surface area contributed by atoms with E-state index in [9.17, 15) is 0 Å². The van der Waals surface area contributed by atoms with Crippen LogP contribution in [0.2, 0.25) is 0 Å². The Balaban J connectivity index is 2.00. The number of rotatable bonds is 1. The summed E-state index contributed by atoms with van der Waals surface area (Å²) in [4.78, 5) is 3.47. The van der Waals surface area contributed by atoms with Crippen molar-refractivity contribution in [1.82, 2.24) is 10.3 Å². The molecule has 76 valence electrons. The number of fused-ring (bicyclic) bond motifs is 1. The van der Waals surface area contributed by atoms with Crippen molar-refractivity contribution < 1.29 is 0 Å². The first-order valence-electron chi connectivity index (χ1n) is 5.39. The van der Waals surface area contributed by atoms with Gasteiger partial charge in [-0.15, -0.1) is 0 Å². The van der Waals surface area contributed by atoms with Crippen molar-refractivity contribution in [3.8, 4) is 0 Å². The van der Waals surface area contributed by atoms with E-state index in [1.165, 1.54) is 16.6 Å². The summed E-state index contributed by atoms with van der Waals surface area (Å²) in [6.45, 7) is 0.972. The number of aromatic nitrogens is 1. The second-order valence-corrected chi connectivity index (χ2v) is 3.98. The van der Waals surface area contributed by atoms with Gasteiger partial charge in [0, 0.05) is 17.8 Å². The molecule has 0 bridgehead atoms. The molecule has 2 aromatic rings. The predicted octanol–water partition coefficient (Wildman–Crippen LogP) is 2.76. The van der Waals surface area contributed by atoms with Gasteiger partial charge in [-0.3, -0.25) is 0 Å². The quantitative estimate of drug-likeness (QED) is 0.677. The summed E-state index contributed by atoms with van der Waals surface area (Å²) in [7, 11) is 0. The molecule has 1 aliphatic heterocycles. The van der Waals surface area contributed by atoms with Crippen LogP contribution in [0.1, 0.15) is 18.2 Å². The SMILES string of the molecule is C1=CCC(c2cc3ccccc3[nH]2)NC1. The fourth-order valence-electron chi connectivity index (χ4n) is 2.13. The second-order valence-electron chi connectivity index (χ2n) is 3.98. The molecule has 0 spiro atoms. The van der Waals surface area contributed by atoms with Crippen LogP contribution in [0, 0.1) is 0 Å². The van der Waals surface area contributed by atoms with Gasteiger partial charge in [-0.1, -0.05) is 30.4 Å². The minimum atomic E-state index is 0.447. The molecule has 2 heteroatoms. The summed E-state index contributed by atoms with van der Waals surface area (Å²) in [5, 5.41) is 4.77. The molecule has 0 radical (unpaired) electrons. The van der Waals surface area contributed by atoms with E-state index in [4.69, 9.17) is 0 Å². The van der Waals surface area contributed by atoms with Crippen LogP contribution in [-0.2, 0) is 0 Å². The first kappa shape index (κ1) is 8.74. The number of hydrogen-bond donors (Lipinski definition) is 2. The van der Waals surface area contributed by atoms with Crippen molar-refractivity contribution in [2.45, 2.75) is 12.5 Å². The van der Waals surface area contributed by atoms with Crippen LogP contribution in [0.5, 0.6) is 0 Å². The second kappa shape index (κ2) is 3.55. The normalized spacial score (nSPS) is 20.9. The van der Waals surface area contributed by atoms with Gasteiger partial charge >= 0.3 is 0 Å². The molecule has 1 atom stereocenters. The van der Waals surface area contributed by atoms with E-state index in [1.807, 2.05) is 0 Å². The molecule has 1 unspecified atom stereocenters. The maximum absolute atomic E-state index is 3.48. The fraction of sp³-hybridized carbons (Fsp3) is 0.231. The topological polar surface area (TPSA) is 27.8 Å². The number of aromatic amines is 1. The van der Waals surface area contributed by atoms with Gasteiger partial charge in [-0.25, -0.2) is 0 Å². The molecular formula is C13H14N2. The van der Waals surface area contributed by atoms with Crippen molar-refractivity contribution in [2.24, 2.45) is 0 Å². The average Bonchev–Trinajstić information content (AvgIpc) is 2.74. The molecule has 3 rings (SSSR count). The Labute approximate surface area is 89.0 Å². The summed E-state index contributed by atoms with van der Waals surface area (Å²) in [6, 6.07) is 11.1. The van der Waals surface area contributed by atoms with E-state index in [0.29, 0.717) is 6.04 Å². The number of hydrogen-bond acceptors (Lipinski definition) is 1. The minimum absolute atomic E-state index is 0.447. The molecule has 0 aliphatic carbocycles. The lowest BCUT2D eigenvalue weighted by Crippen LogP contribution is -2.23. The lowest BCUT2D eigenvalue weighted by molar-refractivity contribution is 0.545. The van der Waals surface area contributed by atoms with Crippen LogP contribution in [-0.4, -0.2) is 11.5 Å². The number of H-pyrrole nitrogens is 1. The minimum Gasteiger partial charge on any atom is -0.357 e. The molecule has 1 aromatic heterocycles. The van der Waals surface area contributed by atoms with E-state index < -0.39 is 0 Å². The standard InChI is InChI=1S/C13H14N2/c1-2-6-11-10(5-1)9-13(15-11)12-7-3-4-8-14-12/h1-6,9,12,14-15H,7-8H2. The fourth-order valence-corrected chi connectivity index (χ4v) is 2.13. The van der Waals surface area contributed by atoms with Crippen LogP contribution in [0.3, 0.4) is 0 Å². The van der Waals surface area contributed by atoms with Gasteiger partial charge in [-0.2, -0.15) is 0 Å². The highest BCUT2D eigenvalue weighted by atomic mass is 14.9. The van der Waals surface area contributed by atoms with Crippen molar-refractivity contribution in [3.63, 3.8) is 0 Å². The first-order chi connectivity index (χ1) is 7.43. The Hall–Kier alpha value is -1.54. The molecular weight excluding hydrogens is 184 g/mol. The lowest BCUT2D eigenvalue weighted by atomic mass is 10.1. The van der Waals surface area contributed by atoms with E-state index in [1.54, 1.807) is 0 Å². The highest BCUT2D eigenvalue weighted by Gasteiger charge is 2.13. The van der Waals surface area contributed by atoms with Crippen LogP contribution >= 0.6 is 0 Å². The summed E-state index contributed by atoms with van der Waals surface area (Å²) in [5.74, 6) is 0. The third kappa shape index (κ3) is 1.57. The molecule has 0 saturated heterocycles. The summed E-state index contributed by atoms with van der Waals surface area (Å²) < 4.78 is 0. The van der Waals surface area contributed by atoms with Crippen LogP contribution in [0.4, 0.5) is 0 Å². The van der Waals surface area contributed by atoms with Gasteiger partial charge in [0.1, 0.15) is 0 Å². The van der Waals surface area contributed by atoms with Crippen LogP contribution in [0.15, 0.2) is 42.5 Å². The lowest BCUT2D eigenvalue weighted by Gasteiger charge is -2.18. The highest BCUT2D eigenvalue weighted by Crippen LogP contribution is 2.23. The molecule has 0 saturated carbocycles. The summed E-state index contributed by atoms with van der Waals surface area (Å²) in [6.07, 6.45) is 5.50. The predicted molar refractivity (Wildman–Crippen MR) is 62.8 cm³/mol. The van der Waals surface area contributed by atoms with Gasteiger partial charge in [0.05, 0.1) is 6.04 Å². The maximum Gasteiger partial charge on any atom is 0.0510 e. The summed E-state index contributed by atoms with van der Waals surface area (Å²) >= 11 is 0. The average molecular weight is 198 g/mol. The zero-order chi connectivity index (χ0) is 10.1. The van der Waals surface area contributed by atoms with Gasteiger partial charge in [-0.05, 0) is 23.9 Å². The molecule has 0 amide bonds. The van der Waals surface area contributed by atoms with Crippen molar-refractivity contribution in [3.05, 3.63) is 48.2 Å². The smallest absolute Gasteiger partial charge is 0.0510 e. The van der Waals surface area contributed by atoms with Gasteiger partial charge < -0.3 is 10.3 Å². The molecule has 1 aromatic carbocycles. The molecule has 15 heavy (non-hydrogen) atoms. The van der Waals surface area contributed by atoms with Gasteiger partial charge in [0.2, 0.25) is 0 Å². The Bertz CT molecular complexity index is 463. The van der Waals surface area contributed by atoms with Gasteiger partial charge in [0.15, 0.2) is 0 Å². The highest BCUT2D eigenvalue weighted by molar-refractivity contribution is 5.80. The molecule has 1 aliphatic rings. The van der Waals surface area contributed by atoms with Crippen molar-refractivity contribution in [1.29, 1.82) is 0 Å². The van der Waals surface area contributed by atoms with Crippen LogP contribution < -0.4 is 5.32 Å². The molecule has 2 nitrogen and oxygen atoms in total. The monoisotopic (exact) mass is 198 g/mol. The maximum atomic E-state index is 3.48. The van der Waals surface area contributed by atoms with E-state index in [-0.39, 0.29) is 0 Å². The largest absolute Gasteiger partial charge is 0.357 e. The Kier molecular flexibility index (Phi) is 2.07. The molecule has 0 fully saturated rings. The first-order valence-corrected chi connectivity index (χ1v) is 5.39. The third-order valence-corrected chi connectivity index (χ3v) is 2.95. The number of nitrogens with one attached hydrogen (secondary N) is 2. The molecule has 2 N–H and O–H groups in total. The van der Waals surface area contributed by atoms with E-state index >= 15 is 0 Å². The van der Waals surface area contributed by atoms with Crippen molar-refractivity contribution >= 4 is 10.9 Å².